The van der Waals surface area contributed by atoms with Gasteiger partial charge in [0.05, 0.1) is 0 Å². The summed E-state index contributed by atoms with van der Waals surface area (Å²) < 4.78 is 0. The molecule has 0 saturated heterocycles. The molecule has 0 heterocycles. The van der Waals surface area contributed by atoms with Gasteiger partial charge in [-0.05, 0) is 11.0 Å². The van der Waals surface area contributed by atoms with Gasteiger partial charge in [0.1, 0.15) is 0 Å². The molecule has 0 amide bonds. The Hall–Kier alpha value is -0.750. The molecule has 1 rings (SSSR count). The molecule has 0 radical (unpaired) electrons. The summed E-state index contributed by atoms with van der Waals surface area (Å²) >= 11 is 6.15. The highest BCUT2D eigenvalue weighted by molar-refractivity contribution is 6.48. The normalized spacial score (nSPS) is 13.1. The lowest BCUT2D eigenvalue weighted by Gasteiger charge is -2.13. The minimum absolute atomic E-state index is 0.132. The van der Waals surface area contributed by atoms with Gasteiger partial charge in [-0.15, -0.1) is 0 Å². The molecule has 0 nitrogen and oxygen atoms in total. The number of allylic oxidation sites excluding steroid dienone is 1. The first-order valence-electron chi connectivity index (χ1n) is 4.43. The lowest BCUT2D eigenvalue weighted by atomic mass is 9.95. The quantitative estimate of drug-likeness (QED) is 0.625. The first kappa shape index (κ1) is 10.3. The molecule has 1 aromatic rings. The van der Waals surface area contributed by atoms with Gasteiger partial charge in [0.25, 0.3) is 0 Å². The van der Waals surface area contributed by atoms with Crippen LogP contribution in [0.2, 0.25) is 0 Å². The van der Waals surface area contributed by atoms with Gasteiger partial charge in [0, 0.05) is 5.03 Å². The van der Waals surface area contributed by atoms with E-state index in [4.69, 9.17) is 11.6 Å². The molecule has 0 saturated carbocycles. The van der Waals surface area contributed by atoms with Gasteiger partial charge in [-0.1, -0.05) is 68.8 Å². The minimum atomic E-state index is 0.132. The van der Waals surface area contributed by atoms with E-state index in [9.17, 15) is 0 Å². The van der Waals surface area contributed by atoms with Gasteiger partial charge in [0.2, 0.25) is 0 Å². The fourth-order valence-corrected chi connectivity index (χ4v) is 1.51. The summed E-state index contributed by atoms with van der Waals surface area (Å²) in [4.78, 5) is 0. The zero-order chi connectivity index (χ0) is 9.90. The SMILES string of the molecule is CC(C)(C)/C=C(/Cl)c1ccccc1. The van der Waals surface area contributed by atoms with Crippen LogP contribution in [0, 0.1) is 5.41 Å². The van der Waals surface area contributed by atoms with Crippen molar-refractivity contribution in [2.45, 2.75) is 20.8 Å². The number of benzene rings is 1. The third-order valence-corrected chi connectivity index (χ3v) is 1.94. The number of halogens is 1. The van der Waals surface area contributed by atoms with Gasteiger partial charge in [-0.3, -0.25) is 0 Å². The molecule has 0 unspecified atom stereocenters. The molecule has 0 atom stereocenters. The van der Waals surface area contributed by atoms with E-state index in [1.165, 1.54) is 0 Å². The van der Waals surface area contributed by atoms with Crippen molar-refractivity contribution in [3.05, 3.63) is 42.0 Å². The van der Waals surface area contributed by atoms with Crippen LogP contribution in [0.5, 0.6) is 0 Å². The number of rotatable bonds is 1. The second-order valence-corrected chi connectivity index (χ2v) is 4.63. The van der Waals surface area contributed by atoms with E-state index in [1.807, 2.05) is 30.3 Å². The molecule has 0 aromatic heterocycles. The topological polar surface area (TPSA) is 0 Å². The van der Waals surface area contributed by atoms with Crippen LogP contribution in [0.25, 0.3) is 5.03 Å². The molecule has 0 aliphatic heterocycles. The predicted molar refractivity (Wildman–Crippen MR) is 59.7 cm³/mol. The zero-order valence-corrected chi connectivity index (χ0v) is 9.10. The molecule has 0 spiro atoms. The van der Waals surface area contributed by atoms with Gasteiger partial charge >= 0.3 is 0 Å². The van der Waals surface area contributed by atoms with Crippen LogP contribution in [-0.4, -0.2) is 0 Å². The van der Waals surface area contributed by atoms with E-state index in [0.717, 1.165) is 10.6 Å². The molecule has 0 N–H and O–H groups in total. The monoisotopic (exact) mass is 194 g/mol. The van der Waals surface area contributed by atoms with Gasteiger partial charge in [-0.2, -0.15) is 0 Å². The van der Waals surface area contributed by atoms with Crippen LogP contribution in [0.3, 0.4) is 0 Å². The molecule has 0 aliphatic rings. The van der Waals surface area contributed by atoms with Crippen LogP contribution in [-0.2, 0) is 0 Å². The maximum Gasteiger partial charge on any atom is 0.0443 e. The Morgan fingerprint density at radius 3 is 2.15 bits per heavy atom. The van der Waals surface area contributed by atoms with Crippen LogP contribution in [0.15, 0.2) is 36.4 Å². The molecule has 13 heavy (non-hydrogen) atoms. The molecule has 0 aliphatic carbocycles. The predicted octanol–water partition coefficient (Wildman–Crippen LogP) is 4.31. The van der Waals surface area contributed by atoms with Crippen molar-refractivity contribution in [2.75, 3.05) is 0 Å². The Balaban J connectivity index is 2.92. The van der Waals surface area contributed by atoms with Crippen LogP contribution in [0.4, 0.5) is 0 Å². The molecule has 1 aromatic carbocycles. The number of hydrogen-bond donors (Lipinski definition) is 0. The third kappa shape index (κ3) is 3.65. The van der Waals surface area contributed by atoms with E-state index in [0.29, 0.717) is 0 Å². The lowest BCUT2D eigenvalue weighted by molar-refractivity contribution is 0.546. The Labute approximate surface area is 85.2 Å². The fourth-order valence-electron chi connectivity index (χ4n) is 1.06. The van der Waals surface area contributed by atoms with Crippen molar-refractivity contribution < 1.29 is 0 Å². The Kier molecular flexibility index (Phi) is 3.16. The van der Waals surface area contributed by atoms with E-state index >= 15 is 0 Å². The van der Waals surface area contributed by atoms with Crippen molar-refractivity contribution in [1.29, 1.82) is 0 Å². The summed E-state index contributed by atoms with van der Waals surface area (Å²) in [5.74, 6) is 0. The third-order valence-electron chi connectivity index (χ3n) is 1.61. The lowest BCUT2D eigenvalue weighted by Crippen LogP contribution is -1.99. The summed E-state index contributed by atoms with van der Waals surface area (Å²) in [5, 5.41) is 0.827. The molecule has 70 valence electrons. The van der Waals surface area contributed by atoms with E-state index in [2.05, 4.69) is 26.8 Å². The Bertz CT molecular complexity index is 291. The smallest absolute Gasteiger partial charge is 0.0443 e. The van der Waals surface area contributed by atoms with Crippen molar-refractivity contribution in [2.24, 2.45) is 5.41 Å². The van der Waals surface area contributed by atoms with Crippen molar-refractivity contribution in [1.82, 2.24) is 0 Å². The average molecular weight is 195 g/mol. The first-order chi connectivity index (χ1) is 5.99. The summed E-state index contributed by atoms with van der Waals surface area (Å²) in [5.41, 5.74) is 1.21. The van der Waals surface area contributed by atoms with Crippen molar-refractivity contribution in [3.63, 3.8) is 0 Å². The van der Waals surface area contributed by atoms with Gasteiger partial charge < -0.3 is 0 Å². The van der Waals surface area contributed by atoms with Crippen LogP contribution < -0.4 is 0 Å². The van der Waals surface area contributed by atoms with Gasteiger partial charge in [0.15, 0.2) is 0 Å². The average Bonchev–Trinajstić information content (AvgIpc) is 2.03. The van der Waals surface area contributed by atoms with E-state index in [-0.39, 0.29) is 5.41 Å². The summed E-state index contributed by atoms with van der Waals surface area (Å²) in [7, 11) is 0. The molecule has 0 bridgehead atoms. The molecular formula is C12H15Cl. The largest absolute Gasteiger partial charge is 0.0840 e. The summed E-state index contributed by atoms with van der Waals surface area (Å²) in [6.07, 6.45) is 2.07. The van der Waals surface area contributed by atoms with Crippen LogP contribution in [0.1, 0.15) is 26.3 Å². The standard InChI is InChI=1S/C12H15Cl/c1-12(2,3)9-11(13)10-7-5-4-6-8-10/h4-9H,1-3H3/b11-9+. The first-order valence-corrected chi connectivity index (χ1v) is 4.80. The highest BCUT2D eigenvalue weighted by Crippen LogP contribution is 2.26. The maximum absolute atomic E-state index is 6.15. The maximum atomic E-state index is 6.15. The summed E-state index contributed by atoms with van der Waals surface area (Å²) in [6.45, 7) is 6.41. The minimum Gasteiger partial charge on any atom is -0.0840 e. The van der Waals surface area contributed by atoms with Crippen molar-refractivity contribution >= 4 is 16.6 Å². The van der Waals surface area contributed by atoms with E-state index < -0.39 is 0 Å². The Morgan fingerprint density at radius 2 is 1.69 bits per heavy atom. The second kappa shape index (κ2) is 3.97. The zero-order valence-electron chi connectivity index (χ0n) is 8.34. The number of hydrogen-bond acceptors (Lipinski definition) is 0. The van der Waals surface area contributed by atoms with Crippen LogP contribution >= 0.6 is 11.6 Å². The fraction of sp³-hybridized carbons (Fsp3) is 0.333. The molecule has 1 heteroatoms. The molecule has 0 fully saturated rings. The highest BCUT2D eigenvalue weighted by Gasteiger charge is 2.07. The highest BCUT2D eigenvalue weighted by atomic mass is 35.5. The van der Waals surface area contributed by atoms with Gasteiger partial charge in [-0.25, -0.2) is 0 Å². The Morgan fingerprint density at radius 1 is 1.15 bits per heavy atom. The van der Waals surface area contributed by atoms with E-state index in [1.54, 1.807) is 0 Å². The summed E-state index contributed by atoms with van der Waals surface area (Å²) in [6, 6.07) is 10.0. The van der Waals surface area contributed by atoms with Crippen molar-refractivity contribution in [3.8, 4) is 0 Å². The second-order valence-electron chi connectivity index (χ2n) is 4.22. The molecular weight excluding hydrogens is 180 g/mol.